The maximum atomic E-state index is 10.9. The molecule has 0 unspecified atom stereocenters. The summed E-state index contributed by atoms with van der Waals surface area (Å²) in [5.74, 6) is 0. The number of nitrogens with one attached hydrogen (secondary N) is 1. The van der Waals surface area contributed by atoms with Gasteiger partial charge in [-0.25, -0.2) is 4.79 Å². The minimum absolute atomic E-state index is 0.374. The van der Waals surface area contributed by atoms with Crippen molar-refractivity contribution >= 4 is 11.8 Å². The van der Waals surface area contributed by atoms with Crippen LogP contribution in [-0.2, 0) is 4.74 Å². The molecule has 1 aromatic rings. The standard InChI is InChI=1S/C9H10NO2/c1-2-12-9(11)10-8-6-4-3-5-7-8/h3-6H,2H2,1H3,(H,10,11). The van der Waals surface area contributed by atoms with Gasteiger partial charge in [0.2, 0.25) is 0 Å². The van der Waals surface area contributed by atoms with E-state index in [0.717, 1.165) is 0 Å². The Labute approximate surface area is 71.4 Å². The molecular formula is C9H10NO2. The highest BCUT2D eigenvalue weighted by Crippen LogP contribution is 2.03. The Morgan fingerprint density at radius 3 is 3.08 bits per heavy atom. The second kappa shape index (κ2) is 4.38. The van der Waals surface area contributed by atoms with Crippen molar-refractivity contribution in [1.29, 1.82) is 0 Å². The SMILES string of the molecule is CCOC(=O)Nc1[c]cccc1. The maximum absolute atomic E-state index is 10.9. The number of amides is 1. The molecule has 63 valence electrons. The highest BCUT2D eigenvalue weighted by Gasteiger charge is 1.99. The van der Waals surface area contributed by atoms with E-state index in [2.05, 4.69) is 16.1 Å². The lowest BCUT2D eigenvalue weighted by Crippen LogP contribution is -2.12. The molecule has 12 heavy (non-hydrogen) atoms. The van der Waals surface area contributed by atoms with Crippen molar-refractivity contribution < 1.29 is 9.53 Å². The topological polar surface area (TPSA) is 38.3 Å². The number of hydrogen-bond acceptors (Lipinski definition) is 2. The third-order valence-corrected chi connectivity index (χ3v) is 1.22. The molecule has 0 aromatic heterocycles. The van der Waals surface area contributed by atoms with Crippen molar-refractivity contribution in [3.8, 4) is 0 Å². The van der Waals surface area contributed by atoms with Gasteiger partial charge in [-0.15, -0.1) is 0 Å². The fourth-order valence-corrected chi connectivity index (χ4v) is 0.748. The minimum atomic E-state index is -0.444. The van der Waals surface area contributed by atoms with E-state index in [4.69, 9.17) is 0 Å². The molecule has 0 bridgehead atoms. The Kier molecular flexibility index (Phi) is 3.14. The van der Waals surface area contributed by atoms with Crippen molar-refractivity contribution in [3.05, 3.63) is 30.3 Å². The van der Waals surface area contributed by atoms with E-state index in [0.29, 0.717) is 12.3 Å². The van der Waals surface area contributed by atoms with Crippen LogP contribution in [0.4, 0.5) is 10.5 Å². The number of carbonyl (C=O) groups is 1. The average Bonchev–Trinajstić information content (AvgIpc) is 2.06. The largest absolute Gasteiger partial charge is 0.450 e. The average molecular weight is 164 g/mol. The number of carbonyl (C=O) groups excluding carboxylic acids is 1. The van der Waals surface area contributed by atoms with Crippen molar-refractivity contribution in [2.75, 3.05) is 11.9 Å². The Morgan fingerprint density at radius 1 is 1.67 bits per heavy atom. The summed E-state index contributed by atoms with van der Waals surface area (Å²) in [6, 6.07) is 9.96. The molecule has 0 atom stereocenters. The normalized spacial score (nSPS) is 9.08. The van der Waals surface area contributed by atoms with Crippen LogP contribution in [0.5, 0.6) is 0 Å². The maximum Gasteiger partial charge on any atom is 0.411 e. The van der Waals surface area contributed by atoms with Gasteiger partial charge in [0.25, 0.3) is 0 Å². The van der Waals surface area contributed by atoms with Crippen LogP contribution in [0.25, 0.3) is 0 Å². The second-order valence-corrected chi connectivity index (χ2v) is 2.12. The molecule has 0 fully saturated rings. The summed E-state index contributed by atoms with van der Waals surface area (Å²) in [7, 11) is 0. The van der Waals surface area contributed by atoms with Crippen LogP contribution in [-0.4, -0.2) is 12.7 Å². The van der Waals surface area contributed by atoms with Gasteiger partial charge in [-0.05, 0) is 13.0 Å². The first-order valence-electron chi connectivity index (χ1n) is 3.73. The zero-order valence-corrected chi connectivity index (χ0v) is 6.83. The Morgan fingerprint density at radius 2 is 2.50 bits per heavy atom. The van der Waals surface area contributed by atoms with Gasteiger partial charge in [-0.3, -0.25) is 5.32 Å². The molecule has 1 N–H and O–H groups in total. The fourth-order valence-electron chi connectivity index (χ4n) is 0.748. The molecule has 1 rings (SSSR count). The monoisotopic (exact) mass is 164 g/mol. The summed E-state index contributed by atoms with van der Waals surface area (Å²) in [5.41, 5.74) is 0.621. The van der Waals surface area contributed by atoms with Gasteiger partial charge in [0, 0.05) is 6.07 Å². The number of ether oxygens (including phenoxy) is 1. The number of rotatable bonds is 2. The highest BCUT2D eigenvalue weighted by molar-refractivity contribution is 5.84. The third-order valence-electron chi connectivity index (χ3n) is 1.22. The first-order chi connectivity index (χ1) is 5.83. The molecule has 3 nitrogen and oxygen atoms in total. The molecule has 1 amide bonds. The lowest BCUT2D eigenvalue weighted by atomic mass is 10.3. The smallest absolute Gasteiger partial charge is 0.411 e. The first-order valence-corrected chi connectivity index (χ1v) is 3.73. The molecule has 0 spiro atoms. The zero-order valence-electron chi connectivity index (χ0n) is 6.83. The van der Waals surface area contributed by atoms with Crippen LogP contribution in [0.2, 0.25) is 0 Å². The van der Waals surface area contributed by atoms with Crippen LogP contribution in [0.15, 0.2) is 24.3 Å². The molecule has 1 aromatic carbocycles. The summed E-state index contributed by atoms with van der Waals surface area (Å²) in [4.78, 5) is 10.9. The lowest BCUT2D eigenvalue weighted by molar-refractivity contribution is 0.168. The van der Waals surface area contributed by atoms with Crippen LogP contribution < -0.4 is 5.32 Å². The Balaban J connectivity index is 2.47. The van der Waals surface area contributed by atoms with E-state index in [9.17, 15) is 4.79 Å². The van der Waals surface area contributed by atoms with E-state index in [1.807, 2.05) is 12.1 Å². The van der Waals surface area contributed by atoms with Crippen molar-refractivity contribution in [3.63, 3.8) is 0 Å². The van der Waals surface area contributed by atoms with Crippen LogP contribution >= 0.6 is 0 Å². The molecule has 3 heteroatoms. The molecule has 0 heterocycles. The highest BCUT2D eigenvalue weighted by atomic mass is 16.5. The second-order valence-electron chi connectivity index (χ2n) is 2.12. The van der Waals surface area contributed by atoms with Crippen molar-refractivity contribution in [1.82, 2.24) is 0 Å². The zero-order chi connectivity index (χ0) is 8.81. The van der Waals surface area contributed by atoms with Gasteiger partial charge in [-0.1, -0.05) is 18.2 Å². The molecule has 0 saturated carbocycles. The van der Waals surface area contributed by atoms with Gasteiger partial charge in [0.05, 0.1) is 12.3 Å². The van der Waals surface area contributed by atoms with Crippen LogP contribution in [0.3, 0.4) is 0 Å². The number of anilines is 1. The van der Waals surface area contributed by atoms with Gasteiger partial charge < -0.3 is 4.74 Å². The van der Waals surface area contributed by atoms with Gasteiger partial charge >= 0.3 is 6.09 Å². The van der Waals surface area contributed by atoms with E-state index in [-0.39, 0.29) is 0 Å². The van der Waals surface area contributed by atoms with E-state index in [1.165, 1.54) is 0 Å². The first kappa shape index (κ1) is 8.59. The van der Waals surface area contributed by atoms with E-state index in [1.54, 1.807) is 19.1 Å². The predicted molar refractivity (Wildman–Crippen MR) is 45.9 cm³/mol. The fraction of sp³-hybridized carbons (Fsp3) is 0.222. The quantitative estimate of drug-likeness (QED) is 0.726. The minimum Gasteiger partial charge on any atom is -0.450 e. The summed E-state index contributed by atoms with van der Waals surface area (Å²) >= 11 is 0. The van der Waals surface area contributed by atoms with Crippen LogP contribution in [0, 0.1) is 6.07 Å². The lowest BCUT2D eigenvalue weighted by Gasteiger charge is -2.03. The third kappa shape index (κ3) is 2.62. The van der Waals surface area contributed by atoms with Crippen molar-refractivity contribution in [2.24, 2.45) is 0 Å². The molecule has 0 aliphatic rings. The molecule has 1 radical (unpaired) electrons. The molecular weight excluding hydrogens is 154 g/mol. The van der Waals surface area contributed by atoms with Gasteiger partial charge in [0.15, 0.2) is 0 Å². The van der Waals surface area contributed by atoms with Gasteiger partial charge in [0.1, 0.15) is 0 Å². The Bertz CT molecular complexity index is 246. The summed E-state index contributed by atoms with van der Waals surface area (Å²) in [5, 5.41) is 2.53. The molecule has 0 aliphatic heterocycles. The predicted octanol–water partition coefficient (Wildman–Crippen LogP) is 2.06. The summed E-state index contributed by atoms with van der Waals surface area (Å²) in [6.45, 7) is 2.13. The summed E-state index contributed by atoms with van der Waals surface area (Å²) < 4.78 is 4.68. The van der Waals surface area contributed by atoms with Crippen LogP contribution in [0.1, 0.15) is 6.92 Å². The number of benzene rings is 1. The summed E-state index contributed by atoms with van der Waals surface area (Å²) in [6.07, 6.45) is -0.444. The molecule has 0 saturated heterocycles. The van der Waals surface area contributed by atoms with E-state index >= 15 is 0 Å². The molecule has 0 aliphatic carbocycles. The van der Waals surface area contributed by atoms with E-state index < -0.39 is 6.09 Å². The number of para-hydroxylation sites is 1. The Hall–Kier alpha value is -1.51. The van der Waals surface area contributed by atoms with Gasteiger partial charge in [-0.2, -0.15) is 0 Å². The number of hydrogen-bond donors (Lipinski definition) is 1. The van der Waals surface area contributed by atoms with Crippen molar-refractivity contribution in [2.45, 2.75) is 6.92 Å².